The molecule has 2 aromatic rings. The Morgan fingerprint density at radius 2 is 1.53 bits per heavy atom. The van der Waals surface area contributed by atoms with Gasteiger partial charge in [-0.15, -0.1) is 0 Å². The molecule has 0 fully saturated rings. The van der Waals surface area contributed by atoms with E-state index in [1.807, 2.05) is 6.92 Å². The number of benzene rings is 1. The molecule has 0 spiro atoms. The molecule has 1 heterocycles. The summed E-state index contributed by atoms with van der Waals surface area (Å²) in [6.45, 7) is 1.90. The van der Waals surface area contributed by atoms with Crippen molar-refractivity contribution in [1.29, 1.82) is 0 Å². The van der Waals surface area contributed by atoms with Gasteiger partial charge in [-0.2, -0.15) is 0 Å². The van der Waals surface area contributed by atoms with Crippen molar-refractivity contribution in [3.05, 3.63) is 36.0 Å². The van der Waals surface area contributed by atoms with Crippen LogP contribution in [-0.2, 0) is 0 Å². The van der Waals surface area contributed by atoms with Crippen molar-refractivity contribution in [3.8, 4) is 23.1 Å². The zero-order valence-electron chi connectivity index (χ0n) is 11.1. The first-order valence-corrected chi connectivity index (χ1v) is 5.75. The van der Waals surface area contributed by atoms with E-state index in [0.717, 1.165) is 5.56 Å². The minimum Gasteiger partial charge on any atom is -0.496 e. The Morgan fingerprint density at radius 3 is 2.05 bits per heavy atom. The quantitative estimate of drug-likeness (QED) is 0.915. The third-order valence-electron chi connectivity index (χ3n) is 2.67. The number of pyridine rings is 1. The molecule has 19 heavy (non-hydrogen) atoms. The van der Waals surface area contributed by atoms with Gasteiger partial charge in [0.1, 0.15) is 17.2 Å². The fraction of sp³-hybridized carbons (Fsp3) is 0.214. The van der Waals surface area contributed by atoms with Gasteiger partial charge >= 0.3 is 0 Å². The van der Waals surface area contributed by atoms with Crippen molar-refractivity contribution in [2.24, 2.45) is 0 Å². The number of anilines is 1. The van der Waals surface area contributed by atoms with Crippen LogP contribution in [0.25, 0.3) is 0 Å². The van der Waals surface area contributed by atoms with Gasteiger partial charge in [0.2, 0.25) is 5.88 Å². The number of hydrogen-bond donors (Lipinski definition) is 1. The zero-order chi connectivity index (χ0) is 13.8. The average molecular weight is 260 g/mol. The molecule has 0 unspecified atom stereocenters. The van der Waals surface area contributed by atoms with E-state index in [9.17, 15) is 0 Å². The van der Waals surface area contributed by atoms with Crippen molar-refractivity contribution < 1.29 is 14.2 Å². The van der Waals surface area contributed by atoms with Gasteiger partial charge in [-0.25, -0.2) is 4.98 Å². The minimum atomic E-state index is 0.474. The number of methoxy groups -OCH3 is 2. The lowest BCUT2D eigenvalue weighted by molar-refractivity contribution is 0.385. The summed E-state index contributed by atoms with van der Waals surface area (Å²) in [5.41, 5.74) is 7.27. The summed E-state index contributed by atoms with van der Waals surface area (Å²) in [4.78, 5) is 4.12. The molecule has 0 saturated carbocycles. The highest BCUT2D eigenvalue weighted by Gasteiger charge is 2.06. The standard InChI is InChI=1S/C14H16N2O3/c1-9-4-14(16-8-13(9)15)19-12-6-10(17-2)5-11(7-12)18-3/h4-8H,15H2,1-3H3. The molecular formula is C14H16N2O3. The SMILES string of the molecule is COc1cc(OC)cc(Oc2cc(C)c(N)cn2)c1. The second-order valence-corrected chi connectivity index (χ2v) is 4.03. The van der Waals surface area contributed by atoms with Crippen LogP contribution >= 0.6 is 0 Å². The largest absolute Gasteiger partial charge is 0.496 e. The Kier molecular flexibility index (Phi) is 3.75. The van der Waals surface area contributed by atoms with Crippen LogP contribution in [0.2, 0.25) is 0 Å². The topological polar surface area (TPSA) is 66.6 Å². The smallest absolute Gasteiger partial charge is 0.219 e. The lowest BCUT2D eigenvalue weighted by atomic mass is 10.2. The number of aryl methyl sites for hydroxylation is 1. The van der Waals surface area contributed by atoms with Crippen molar-refractivity contribution in [2.75, 3.05) is 20.0 Å². The van der Waals surface area contributed by atoms with Crippen molar-refractivity contribution >= 4 is 5.69 Å². The average Bonchev–Trinajstić information content (AvgIpc) is 2.42. The summed E-state index contributed by atoms with van der Waals surface area (Å²) >= 11 is 0. The molecule has 0 aliphatic carbocycles. The summed E-state index contributed by atoms with van der Waals surface area (Å²) in [7, 11) is 3.17. The minimum absolute atomic E-state index is 0.474. The zero-order valence-corrected chi connectivity index (χ0v) is 11.1. The Hall–Kier alpha value is -2.43. The molecule has 2 N–H and O–H groups in total. The number of nitrogens with zero attached hydrogens (tertiary/aromatic N) is 1. The summed E-state index contributed by atoms with van der Waals surface area (Å²) in [5, 5.41) is 0. The van der Waals surface area contributed by atoms with E-state index in [0.29, 0.717) is 28.8 Å². The van der Waals surface area contributed by atoms with Crippen molar-refractivity contribution in [2.45, 2.75) is 6.92 Å². The fourth-order valence-electron chi connectivity index (χ4n) is 1.56. The van der Waals surface area contributed by atoms with Gasteiger partial charge in [-0.3, -0.25) is 0 Å². The van der Waals surface area contributed by atoms with Crippen LogP contribution in [-0.4, -0.2) is 19.2 Å². The van der Waals surface area contributed by atoms with Crippen molar-refractivity contribution in [3.63, 3.8) is 0 Å². The predicted molar refractivity (Wildman–Crippen MR) is 73.0 cm³/mol. The molecule has 100 valence electrons. The molecule has 0 radical (unpaired) electrons. The molecule has 0 atom stereocenters. The van der Waals surface area contributed by atoms with Gasteiger partial charge in [0.15, 0.2) is 0 Å². The molecule has 0 saturated heterocycles. The van der Waals surface area contributed by atoms with Crippen LogP contribution in [0.5, 0.6) is 23.1 Å². The third kappa shape index (κ3) is 3.07. The van der Waals surface area contributed by atoms with Crippen LogP contribution < -0.4 is 19.9 Å². The van der Waals surface area contributed by atoms with Crippen LogP contribution in [0.3, 0.4) is 0 Å². The highest BCUT2D eigenvalue weighted by molar-refractivity contribution is 5.47. The Labute approximate surface area is 111 Å². The van der Waals surface area contributed by atoms with Gasteiger partial charge in [0, 0.05) is 24.3 Å². The van der Waals surface area contributed by atoms with Gasteiger partial charge < -0.3 is 19.9 Å². The first-order chi connectivity index (χ1) is 9.12. The number of nitrogens with two attached hydrogens (primary N) is 1. The Bertz CT molecular complexity index is 563. The highest BCUT2D eigenvalue weighted by atomic mass is 16.5. The summed E-state index contributed by atoms with van der Waals surface area (Å²) < 4.78 is 16.0. The van der Waals surface area contributed by atoms with Crippen LogP contribution in [0.15, 0.2) is 30.5 Å². The molecule has 2 rings (SSSR count). The van der Waals surface area contributed by atoms with E-state index < -0.39 is 0 Å². The van der Waals surface area contributed by atoms with E-state index >= 15 is 0 Å². The monoisotopic (exact) mass is 260 g/mol. The Morgan fingerprint density at radius 1 is 0.947 bits per heavy atom. The van der Waals surface area contributed by atoms with Gasteiger partial charge in [-0.1, -0.05) is 0 Å². The molecule has 0 aliphatic heterocycles. The first kappa shape index (κ1) is 13.0. The molecular weight excluding hydrogens is 244 g/mol. The molecule has 1 aromatic carbocycles. The molecule has 0 aliphatic rings. The molecule has 5 nitrogen and oxygen atoms in total. The lowest BCUT2D eigenvalue weighted by Crippen LogP contribution is -1.95. The summed E-state index contributed by atoms with van der Waals surface area (Å²) in [6, 6.07) is 7.07. The van der Waals surface area contributed by atoms with Crippen LogP contribution in [0, 0.1) is 6.92 Å². The summed E-state index contributed by atoms with van der Waals surface area (Å²) in [6.07, 6.45) is 1.57. The van der Waals surface area contributed by atoms with Crippen LogP contribution in [0.1, 0.15) is 5.56 Å². The third-order valence-corrected chi connectivity index (χ3v) is 2.67. The number of aromatic nitrogens is 1. The number of ether oxygens (including phenoxy) is 3. The first-order valence-electron chi connectivity index (χ1n) is 5.75. The van der Waals surface area contributed by atoms with E-state index in [2.05, 4.69) is 4.98 Å². The number of rotatable bonds is 4. The van der Waals surface area contributed by atoms with Crippen molar-refractivity contribution in [1.82, 2.24) is 4.98 Å². The number of nitrogen functional groups attached to an aromatic ring is 1. The molecule has 1 aromatic heterocycles. The normalized spacial score (nSPS) is 10.1. The highest BCUT2D eigenvalue weighted by Crippen LogP contribution is 2.30. The van der Waals surface area contributed by atoms with E-state index in [1.54, 1.807) is 44.7 Å². The van der Waals surface area contributed by atoms with E-state index in [4.69, 9.17) is 19.9 Å². The second-order valence-electron chi connectivity index (χ2n) is 4.03. The lowest BCUT2D eigenvalue weighted by Gasteiger charge is -2.10. The molecule has 0 amide bonds. The maximum atomic E-state index is 5.72. The second kappa shape index (κ2) is 5.48. The molecule has 0 bridgehead atoms. The fourth-order valence-corrected chi connectivity index (χ4v) is 1.56. The maximum Gasteiger partial charge on any atom is 0.219 e. The van der Waals surface area contributed by atoms with Crippen LogP contribution in [0.4, 0.5) is 5.69 Å². The maximum absolute atomic E-state index is 5.72. The van der Waals surface area contributed by atoms with Gasteiger partial charge in [0.05, 0.1) is 26.1 Å². The molecule has 5 heteroatoms. The van der Waals surface area contributed by atoms with Gasteiger partial charge in [0.25, 0.3) is 0 Å². The van der Waals surface area contributed by atoms with E-state index in [1.165, 1.54) is 0 Å². The Balaban J connectivity index is 2.29. The van der Waals surface area contributed by atoms with Gasteiger partial charge in [-0.05, 0) is 12.5 Å². The number of hydrogen-bond acceptors (Lipinski definition) is 5. The predicted octanol–water partition coefficient (Wildman–Crippen LogP) is 2.78. The van der Waals surface area contributed by atoms with E-state index in [-0.39, 0.29) is 0 Å². The summed E-state index contributed by atoms with van der Waals surface area (Å²) in [5.74, 6) is 2.37.